The summed E-state index contributed by atoms with van der Waals surface area (Å²) in [4.78, 5) is 15.6. The lowest BCUT2D eigenvalue weighted by Gasteiger charge is -2.29. The van der Waals surface area contributed by atoms with E-state index in [4.69, 9.17) is 10.2 Å². The molecular weight excluding hydrogens is 378 g/mol. The van der Waals surface area contributed by atoms with E-state index >= 15 is 0 Å². The van der Waals surface area contributed by atoms with Crippen molar-refractivity contribution in [1.82, 2.24) is 19.9 Å². The van der Waals surface area contributed by atoms with Crippen molar-refractivity contribution in [3.63, 3.8) is 0 Å². The first-order valence-electron chi connectivity index (χ1n) is 9.73. The molecule has 0 atom stereocenters. The molecule has 0 bridgehead atoms. The third-order valence-corrected chi connectivity index (χ3v) is 6.04. The van der Waals surface area contributed by atoms with Crippen LogP contribution in [-0.2, 0) is 10.0 Å². The van der Waals surface area contributed by atoms with E-state index in [9.17, 15) is 0 Å². The van der Waals surface area contributed by atoms with Crippen LogP contribution in [0.25, 0.3) is 33.3 Å². The Bertz CT molecular complexity index is 1200. The van der Waals surface area contributed by atoms with Crippen molar-refractivity contribution in [3.05, 3.63) is 41.7 Å². The normalized spacial score (nSPS) is 12.9. The van der Waals surface area contributed by atoms with Crippen LogP contribution in [0.15, 0.2) is 30.3 Å². The zero-order valence-electron chi connectivity index (χ0n) is 17.8. The number of hydrogen-bond donors (Lipinski definition) is 3. The molecular formula is C22H27N5OSi. The maximum absolute atomic E-state index is 6.28. The van der Waals surface area contributed by atoms with Gasteiger partial charge >= 0.3 is 0 Å². The lowest BCUT2D eigenvalue weighted by Crippen LogP contribution is -2.27. The number of aryl methyl sites for hydroxylation is 1. The van der Waals surface area contributed by atoms with Crippen molar-refractivity contribution in [2.24, 2.45) is 0 Å². The summed E-state index contributed by atoms with van der Waals surface area (Å²) >= 11 is 0. The molecule has 6 nitrogen and oxygen atoms in total. The van der Waals surface area contributed by atoms with Gasteiger partial charge in [-0.05, 0) is 55.6 Å². The van der Waals surface area contributed by atoms with E-state index in [2.05, 4.69) is 78.8 Å². The van der Waals surface area contributed by atoms with Gasteiger partial charge < -0.3 is 20.1 Å². The second kappa shape index (κ2) is 6.71. The van der Waals surface area contributed by atoms with E-state index in [1.54, 1.807) is 0 Å². The average Bonchev–Trinajstić information content (AvgIpc) is 3.20. The summed E-state index contributed by atoms with van der Waals surface area (Å²) in [5.41, 5.74) is 11.4. The molecule has 0 amide bonds. The third kappa shape index (κ3) is 3.93. The Kier molecular flexibility index (Phi) is 4.55. The number of anilines is 1. The van der Waals surface area contributed by atoms with Crippen molar-refractivity contribution >= 4 is 37.6 Å². The van der Waals surface area contributed by atoms with Crippen LogP contribution in [0.1, 0.15) is 46.0 Å². The molecule has 0 aliphatic carbocycles. The maximum atomic E-state index is 6.28. The Morgan fingerprint density at radius 2 is 1.76 bits per heavy atom. The second-order valence-electron chi connectivity index (χ2n) is 9.06. The number of rotatable bonds is 4. The minimum Gasteiger partial charge on any atom is -0.408 e. The number of hydrogen-bond acceptors (Lipinski definition) is 4. The average molecular weight is 406 g/mol. The molecule has 1 aromatic carbocycles. The zero-order chi connectivity index (χ0) is 21.0. The molecule has 2 radical (unpaired) electrons. The number of fused-ring (bicyclic) bond motifs is 2. The molecule has 150 valence electrons. The first-order chi connectivity index (χ1) is 13.5. The highest BCUT2D eigenvalue weighted by molar-refractivity contribution is 6.31. The second-order valence-corrected chi connectivity index (χ2v) is 11.0. The van der Waals surface area contributed by atoms with Crippen molar-refractivity contribution in [3.8, 4) is 11.3 Å². The zero-order valence-corrected chi connectivity index (χ0v) is 18.8. The number of pyridine rings is 1. The van der Waals surface area contributed by atoms with Gasteiger partial charge in [0.2, 0.25) is 9.76 Å². The molecule has 0 aliphatic heterocycles. The van der Waals surface area contributed by atoms with Gasteiger partial charge in [0.15, 0.2) is 5.65 Å². The number of benzene rings is 1. The van der Waals surface area contributed by atoms with Crippen LogP contribution < -0.4 is 5.73 Å². The van der Waals surface area contributed by atoms with E-state index in [1.807, 2.05) is 13.0 Å². The lowest BCUT2D eigenvalue weighted by atomic mass is 9.97. The van der Waals surface area contributed by atoms with Gasteiger partial charge in [-0.2, -0.15) is 0 Å². The highest BCUT2D eigenvalue weighted by Crippen LogP contribution is 2.34. The predicted molar refractivity (Wildman–Crippen MR) is 120 cm³/mol. The topological polar surface area (TPSA) is 92.6 Å². The summed E-state index contributed by atoms with van der Waals surface area (Å²) in [5.74, 6) is 1.27. The Morgan fingerprint density at radius 1 is 1.00 bits per heavy atom. The number of H-pyrrole nitrogens is 2. The number of aromatic nitrogens is 4. The fraction of sp³-hybridized carbons (Fsp3) is 0.364. The van der Waals surface area contributed by atoms with Crippen LogP contribution in [0, 0.1) is 6.92 Å². The molecule has 4 aromatic rings. The minimum absolute atomic E-state index is 0.150. The Labute approximate surface area is 173 Å². The molecule has 0 aliphatic rings. The van der Waals surface area contributed by atoms with E-state index in [-0.39, 0.29) is 10.6 Å². The van der Waals surface area contributed by atoms with Gasteiger partial charge in [-0.25, -0.2) is 9.97 Å². The number of nitrogens with zero attached hydrogens (tertiary/aromatic N) is 2. The van der Waals surface area contributed by atoms with Gasteiger partial charge in [-0.15, -0.1) is 0 Å². The molecule has 0 saturated carbocycles. The van der Waals surface area contributed by atoms with E-state index in [0.717, 1.165) is 39.1 Å². The maximum Gasteiger partial charge on any atom is 0.236 e. The summed E-state index contributed by atoms with van der Waals surface area (Å²) in [5, 5.41) is 1.28. The van der Waals surface area contributed by atoms with Gasteiger partial charge in [0.25, 0.3) is 0 Å². The monoisotopic (exact) mass is 405 g/mol. The van der Waals surface area contributed by atoms with Gasteiger partial charge in [0.1, 0.15) is 11.6 Å². The smallest absolute Gasteiger partial charge is 0.236 e. The SMILES string of the molecule is Cc1nc2nc(N)cc(-c3cc4cc(C(C)(C)O[Si]C(C)(C)C)ccc4[nH]3)c2[nH]1. The highest BCUT2D eigenvalue weighted by atomic mass is 28.2. The first-order valence-corrected chi connectivity index (χ1v) is 10.6. The summed E-state index contributed by atoms with van der Waals surface area (Å²) in [6.45, 7) is 12.8. The molecule has 0 unspecified atom stereocenters. The number of aromatic amines is 2. The van der Waals surface area contributed by atoms with Crippen molar-refractivity contribution in [1.29, 1.82) is 0 Å². The van der Waals surface area contributed by atoms with Crippen LogP contribution in [0.3, 0.4) is 0 Å². The molecule has 7 heteroatoms. The van der Waals surface area contributed by atoms with Crippen LogP contribution in [0.4, 0.5) is 5.82 Å². The van der Waals surface area contributed by atoms with Gasteiger partial charge in [-0.1, -0.05) is 26.8 Å². The molecule has 0 spiro atoms. The largest absolute Gasteiger partial charge is 0.408 e. The third-order valence-electron chi connectivity index (χ3n) is 4.82. The molecule has 3 aromatic heterocycles. The first kappa shape index (κ1) is 19.7. The molecule has 0 fully saturated rings. The fourth-order valence-corrected chi connectivity index (χ4v) is 4.01. The standard InChI is InChI=1S/C22H27N5OSi/c1-12-24-19-15(11-18(23)27-20(19)25-12)17-10-13-9-14(7-8-16(13)26-17)22(5,6)28-29-21(2,3)4/h7-11,26H,1-6H3,(H3,23,24,25,27). The number of nitrogens with one attached hydrogen (secondary N) is 2. The number of nitrogen functional groups attached to an aromatic ring is 1. The van der Waals surface area contributed by atoms with Crippen LogP contribution >= 0.6 is 0 Å². The Morgan fingerprint density at radius 3 is 2.48 bits per heavy atom. The van der Waals surface area contributed by atoms with E-state index in [1.165, 1.54) is 0 Å². The summed E-state index contributed by atoms with van der Waals surface area (Å²) < 4.78 is 6.28. The molecule has 29 heavy (non-hydrogen) atoms. The number of imidazole rings is 1. The minimum atomic E-state index is -0.355. The highest BCUT2D eigenvalue weighted by Gasteiger charge is 2.25. The molecule has 4 N–H and O–H groups in total. The van der Waals surface area contributed by atoms with Crippen LogP contribution in [-0.4, -0.2) is 29.7 Å². The summed E-state index contributed by atoms with van der Waals surface area (Å²) in [6.07, 6.45) is 0. The van der Waals surface area contributed by atoms with Crippen LogP contribution in [0.5, 0.6) is 0 Å². The lowest BCUT2D eigenvalue weighted by molar-refractivity contribution is 0.109. The van der Waals surface area contributed by atoms with Gasteiger partial charge in [-0.3, -0.25) is 0 Å². The molecule has 3 heterocycles. The van der Waals surface area contributed by atoms with E-state index in [0.29, 0.717) is 21.2 Å². The number of nitrogens with two attached hydrogens (primary N) is 1. The molecule has 0 saturated heterocycles. The van der Waals surface area contributed by atoms with Gasteiger partial charge in [0, 0.05) is 22.2 Å². The molecule has 4 rings (SSSR count). The summed E-state index contributed by atoms with van der Waals surface area (Å²) in [6, 6.07) is 10.5. The predicted octanol–water partition coefficient (Wildman–Crippen LogP) is 5.09. The summed E-state index contributed by atoms with van der Waals surface area (Å²) in [7, 11) is 0.428. The fourth-order valence-electron chi connectivity index (χ4n) is 3.33. The van der Waals surface area contributed by atoms with Crippen molar-refractivity contribution in [2.45, 2.75) is 52.2 Å². The van der Waals surface area contributed by atoms with Gasteiger partial charge in [0.05, 0.1) is 11.1 Å². The van der Waals surface area contributed by atoms with Crippen molar-refractivity contribution < 1.29 is 4.43 Å². The van der Waals surface area contributed by atoms with E-state index < -0.39 is 0 Å². The van der Waals surface area contributed by atoms with Crippen LogP contribution in [0.2, 0.25) is 5.04 Å². The Hall–Kier alpha value is -2.64. The van der Waals surface area contributed by atoms with Crippen molar-refractivity contribution in [2.75, 3.05) is 5.73 Å². The Balaban J connectivity index is 1.75. The quantitative estimate of drug-likeness (QED) is 0.413.